The van der Waals surface area contributed by atoms with Crippen molar-refractivity contribution in [2.75, 3.05) is 30.0 Å². The maximum Gasteiger partial charge on any atom is 0.420 e. The topological polar surface area (TPSA) is 100 Å². The quantitative estimate of drug-likeness (QED) is 0.681. The Bertz CT molecular complexity index is 1010. The molecule has 1 aliphatic heterocycles. The standard InChI is InChI=1S/C17H21F3N6O2S2/c1-30(27,28)26-6-4-11(5-7-26)23-15-21-8-12(17(18,19)20)14(25-15)13-9-22-16(29-13)24-10-2-3-10/h8-11H,2-7H2,1H3,(H,22,24)(H,21,23,25). The molecule has 3 heterocycles. The first-order valence-corrected chi connectivity index (χ1v) is 12.1. The number of aromatic nitrogens is 3. The van der Waals surface area contributed by atoms with Crippen molar-refractivity contribution in [2.24, 2.45) is 0 Å². The van der Waals surface area contributed by atoms with Gasteiger partial charge in [0.1, 0.15) is 5.56 Å². The molecule has 2 N–H and O–H groups in total. The van der Waals surface area contributed by atoms with E-state index in [9.17, 15) is 21.6 Å². The first kappa shape index (κ1) is 21.2. The maximum atomic E-state index is 13.5. The summed E-state index contributed by atoms with van der Waals surface area (Å²) < 4.78 is 65.2. The van der Waals surface area contributed by atoms with E-state index in [-0.39, 0.29) is 17.7 Å². The van der Waals surface area contributed by atoms with Gasteiger partial charge in [0.05, 0.1) is 16.8 Å². The summed E-state index contributed by atoms with van der Waals surface area (Å²) >= 11 is 1.13. The van der Waals surface area contributed by atoms with E-state index >= 15 is 0 Å². The second-order valence-corrected chi connectivity index (χ2v) is 10.5. The summed E-state index contributed by atoms with van der Waals surface area (Å²) in [5.41, 5.74) is -1.13. The molecule has 1 saturated heterocycles. The second-order valence-electron chi connectivity index (χ2n) is 7.48. The van der Waals surface area contributed by atoms with E-state index in [4.69, 9.17) is 0 Å². The molecular formula is C17H21F3N6O2S2. The van der Waals surface area contributed by atoms with Gasteiger partial charge in [0, 0.05) is 37.6 Å². The third-order valence-electron chi connectivity index (χ3n) is 4.99. The highest BCUT2D eigenvalue weighted by atomic mass is 32.2. The van der Waals surface area contributed by atoms with Crippen LogP contribution in [-0.4, -0.2) is 59.1 Å². The Labute approximate surface area is 176 Å². The molecule has 8 nitrogen and oxygen atoms in total. The fraction of sp³-hybridized carbons (Fsp3) is 0.588. The van der Waals surface area contributed by atoms with E-state index in [0.29, 0.717) is 42.0 Å². The molecule has 2 aliphatic rings. The minimum atomic E-state index is -4.59. The minimum absolute atomic E-state index is 0.0842. The van der Waals surface area contributed by atoms with E-state index in [1.165, 1.54) is 10.5 Å². The zero-order chi connectivity index (χ0) is 21.5. The molecule has 1 saturated carbocycles. The van der Waals surface area contributed by atoms with Crippen molar-refractivity contribution in [3.8, 4) is 10.6 Å². The molecule has 0 aromatic carbocycles. The van der Waals surface area contributed by atoms with Crippen LogP contribution in [0.1, 0.15) is 31.2 Å². The van der Waals surface area contributed by atoms with Crippen molar-refractivity contribution in [1.29, 1.82) is 0 Å². The average molecular weight is 463 g/mol. The van der Waals surface area contributed by atoms with Crippen molar-refractivity contribution < 1.29 is 21.6 Å². The lowest BCUT2D eigenvalue weighted by Gasteiger charge is -2.30. The van der Waals surface area contributed by atoms with Crippen molar-refractivity contribution in [1.82, 2.24) is 19.3 Å². The summed E-state index contributed by atoms with van der Waals surface area (Å²) in [6, 6.07) is 0.215. The molecule has 0 spiro atoms. The van der Waals surface area contributed by atoms with Crippen LogP contribution < -0.4 is 10.6 Å². The van der Waals surface area contributed by atoms with E-state index < -0.39 is 21.8 Å². The highest BCUT2D eigenvalue weighted by molar-refractivity contribution is 7.88. The van der Waals surface area contributed by atoms with E-state index in [2.05, 4.69) is 25.6 Å². The molecule has 0 radical (unpaired) electrons. The number of halogens is 3. The Balaban J connectivity index is 1.54. The summed E-state index contributed by atoms with van der Waals surface area (Å²) in [4.78, 5) is 12.5. The molecule has 0 amide bonds. The lowest BCUT2D eigenvalue weighted by molar-refractivity contribution is -0.137. The van der Waals surface area contributed by atoms with E-state index in [1.807, 2.05) is 0 Å². The zero-order valence-electron chi connectivity index (χ0n) is 16.1. The van der Waals surface area contributed by atoms with Crippen molar-refractivity contribution in [3.05, 3.63) is 18.0 Å². The van der Waals surface area contributed by atoms with E-state index in [0.717, 1.165) is 36.6 Å². The van der Waals surface area contributed by atoms with Crippen LogP contribution in [0.4, 0.5) is 24.3 Å². The van der Waals surface area contributed by atoms with Crippen LogP contribution in [0.3, 0.4) is 0 Å². The second kappa shape index (κ2) is 7.93. The number of anilines is 2. The van der Waals surface area contributed by atoms with Gasteiger partial charge in [0.15, 0.2) is 5.13 Å². The van der Waals surface area contributed by atoms with Crippen LogP contribution in [0, 0.1) is 0 Å². The van der Waals surface area contributed by atoms with Gasteiger partial charge < -0.3 is 10.6 Å². The molecule has 2 aromatic rings. The maximum absolute atomic E-state index is 13.5. The van der Waals surface area contributed by atoms with Gasteiger partial charge in [-0.05, 0) is 25.7 Å². The Morgan fingerprint density at radius 2 is 1.73 bits per heavy atom. The monoisotopic (exact) mass is 462 g/mol. The lowest BCUT2D eigenvalue weighted by Crippen LogP contribution is -2.42. The number of hydrogen-bond donors (Lipinski definition) is 2. The first-order chi connectivity index (χ1) is 14.1. The van der Waals surface area contributed by atoms with Gasteiger partial charge in [-0.3, -0.25) is 0 Å². The summed E-state index contributed by atoms with van der Waals surface area (Å²) in [5, 5.41) is 6.79. The predicted octanol–water partition coefficient (Wildman–Crippen LogP) is 3.03. The van der Waals surface area contributed by atoms with E-state index in [1.54, 1.807) is 0 Å². The smallest absolute Gasteiger partial charge is 0.359 e. The number of hydrogen-bond acceptors (Lipinski definition) is 8. The fourth-order valence-corrected chi connectivity index (χ4v) is 4.98. The molecule has 4 rings (SSSR count). The average Bonchev–Trinajstić information content (AvgIpc) is 3.35. The van der Waals surface area contributed by atoms with Gasteiger partial charge >= 0.3 is 6.18 Å². The Hall–Kier alpha value is -1.99. The van der Waals surface area contributed by atoms with Gasteiger partial charge in [-0.25, -0.2) is 27.7 Å². The number of nitrogens with one attached hydrogen (secondary N) is 2. The first-order valence-electron chi connectivity index (χ1n) is 9.48. The van der Waals surface area contributed by atoms with Gasteiger partial charge in [0.25, 0.3) is 0 Å². The van der Waals surface area contributed by atoms with Gasteiger partial charge in [0.2, 0.25) is 16.0 Å². The van der Waals surface area contributed by atoms with Gasteiger partial charge in [-0.2, -0.15) is 13.2 Å². The Kier molecular flexibility index (Phi) is 5.62. The Morgan fingerprint density at radius 3 is 2.33 bits per heavy atom. The molecule has 2 aromatic heterocycles. The van der Waals surface area contributed by atoms with Crippen molar-refractivity contribution in [3.63, 3.8) is 0 Å². The molecule has 2 fully saturated rings. The molecule has 0 atom stereocenters. The number of nitrogens with zero attached hydrogens (tertiary/aromatic N) is 4. The number of sulfonamides is 1. The number of alkyl halides is 3. The summed E-state index contributed by atoms with van der Waals surface area (Å²) in [7, 11) is -3.25. The Morgan fingerprint density at radius 1 is 1.07 bits per heavy atom. The molecule has 13 heteroatoms. The van der Waals surface area contributed by atoms with Crippen LogP contribution in [0.5, 0.6) is 0 Å². The lowest BCUT2D eigenvalue weighted by atomic mass is 10.1. The van der Waals surface area contributed by atoms with Crippen LogP contribution in [-0.2, 0) is 16.2 Å². The molecule has 1 aliphatic carbocycles. The highest BCUT2D eigenvalue weighted by Gasteiger charge is 2.36. The SMILES string of the molecule is CS(=O)(=O)N1CCC(Nc2ncc(C(F)(F)F)c(-c3cnc(NC4CC4)s3)n2)CC1. The van der Waals surface area contributed by atoms with Crippen molar-refractivity contribution in [2.45, 2.75) is 43.9 Å². The highest BCUT2D eigenvalue weighted by Crippen LogP contribution is 2.39. The molecule has 30 heavy (non-hydrogen) atoms. The summed E-state index contributed by atoms with van der Waals surface area (Å²) in [5.74, 6) is 0.0842. The zero-order valence-corrected chi connectivity index (χ0v) is 17.7. The fourth-order valence-electron chi connectivity index (χ4n) is 3.21. The third kappa shape index (κ3) is 5.01. The predicted molar refractivity (Wildman–Crippen MR) is 108 cm³/mol. The summed E-state index contributed by atoms with van der Waals surface area (Å²) in [6.07, 6.45) is 1.83. The molecule has 0 bridgehead atoms. The van der Waals surface area contributed by atoms with Crippen LogP contribution >= 0.6 is 11.3 Å². The van der Waals surface area contributed by atoms with Gasteiger partial charge in [-0.1, -0.05) is 11.3 Å². The number of rotatable bonds is 6. The minimum Gasteiger partial charge on any atom is -0.359 e. The molecule has 0 unspecified atom stereocenters. The molecular weight excluding hydrogens is 441 g/mol. The third-order valence-corrected chi connectivity index (χ3v) is 7.23. The van der Waals surface area contributed by atoms with Crippen LogP contribution in [0.15, 0.2) is 12.4 Å². The largest absolute Gasteiger partial charge is 0.420 e. The van der Waals surface area contributed by atoms with Gasteiger partial charge in [-0.15, -0.1) is 0 Å². The normalized spacial score (nSPS) is 19.1. The van der Waals surface area contributed by atoms with Crippen molar-refractivity contribution >= 4 is 32.4 Å². The van der Waals surface area contributed by atoms with Crippen LogP contribution in [0.2, 0.25) is 0 Å². The number of thiazole rings is 1. The van der Waals surface area contributed by atoms with Crippen LogP contribution in [0.25, 0.3) is 10.6 Å². The summed E-state index contributed by atoms with van der Waals surface area (Å²) in [6.45, 7) is 0.685. The molecule has 164 valence electrons. The number of piperidine rings is 1.